The number of nitrogens with one attached hydrogen (secondary N) is 2. The fraction of sp³-hybridized carbons (Fsp3) is 0.233. The minimum atomic E-state index is -0.464. The maximum absolute atomic E-state index is 12.7. The lowest BCUT2D eigenvalue weighted by Gasteiger charge is -2.24. The molecule has 1 heterocycles. The van der Waals surface area contributed by atoms with Gasteiger partial charge in [0, 0.05) is 36.0 Å². The lowest BCUT2D eigenvalue weighted by atomic mass is 9.96. The first kappa shape index (κ1) is 27.1. The predicted octanol–water partition coefficient (Wildman–Crippen LogP) is 6.16. The molecule has 3 aromatic carbocycles. The molecular weight excluding hydrogens is 472 g/mol. The number of hydrogen-bond acceptors (Lipinski definition) is 4. The van der Waals surface area contributed by atoms with Gasteiger partial charge in [-0.2, -0.15) is 0 Å². The van der Waals surface area contributed by atoms with Crippen LogP contribution in [-0.2, 0) is 11.2 Å². The van der Waals surface area contributed by atoms with Gasteiger partial charge in [-0.1, -0.05) is 60.2 Å². The molecule has 4 rings (SSSR count). The first-order chi connectivity index (χ1) is 16.9. The van der Waals surface area contributed by atoms with Crippen LogP contribution in [0.5, 0.6) is 5.75 Å². The molecule has 0 aromatic heterocycles. The van der Waals surface area contributed by atoms with Crippen LogP contribution in [0.1, 0.15) is 36.1 Å². The number of aryl methyl sites for hydroxylation is 1. The molecule has 1 unspecified atom stereocenters. The first-order valence-corrected chi connectivity index (χ1v) is 12.0. The van der Waals surface area contributed by atoms with Crippen LogP contribution in [0.2, 0.25) is 0 Å². The van der Waals surface area contributed by atoms with Crippen LogP contribution in [0.25, 0.3) is 5.57 Å². The summed E-state index contributed by atoms with van der Waals surface area (Å²) in [6.45, 7) is 6.59. The molecule has 36 heavy (non-hydrogen) atoms. The van der Waals surface area contributed by atoms with Crippen molar-refractivity contribution < 1.29 is 14.6 Å². The number of aliphatic hydroxyl groups is 1. The van der Waals surface area contributed by atoms with Crippen LogP contribution in [0.3, 0.4) is 0 Å². The number of carbonyl (C=O) groups excluding carboxylic acids is 1. The van der Waals surface area contributed by atoms with Crippen LogP contribution >= 0.6 is 12.4 Å². The maximum Gasteiger partial charge on any atom is 0.248 e. The number of ether oxygens (including phenoxy) is 1. The number of anilines is 2. The van der Waals surface area contributed by atoms with E-state index in [1.807, 2.05) is 62.4 Å². The monoisotopic (exact) mass is 504 g/mol. The van der Waals surface area contributed by atoms with Crippen molar-refractivity contribution in [2.24, 2.45) is 0 Å². The summed E-state index contributed by atoms with van der Waals surface area (Å²) in [6, 6.07) is 22.0. The van der Waals surface area contributed by atoms with E-state index in [0.29, 0.717) is 18.7 Å². The quantitative estimate of drug-likeness (QED) is 0.266. The van der Waals surface area contributed by atoms with E-state index in [2.05, 4.69) is 41.8 Å². The molecule has 3 N–H and O–H groups in total. The number of allylic oxidation sites excluding steroid dienone is 2. The Morgan fingerprint density at radius 3 is 2.39 bits per heavy atom. The zero-order valence-corrected chi connectivity index (χ0v) is 21.6. The van der Waals surface area contributed by atoms with Crippen molar-refractivity contribution in [2.75, 3.05) is 17.2 Å². The minimum Gasteiger partial charge on any atom is -0.491 e. The number of rotatable bonds is 7. The summed E-state index contributed by atoms with van der Waals surface area (Å²) in [5.41, 5.74) is 6.88. The number of carbonyl (C=O) groups is 1. The highest BCUT2D eigenvalue weighted by Crippen LogP contribution is 2.29. The van der Waals surface area contributed by atoms with Crippen LogP contribution in [0.4, 0.5) is 11.4 Å². The Hall–Kier alpha value is -3.54. The summed E-state index contributed by atoms with van der Waals surface area (Å²) in [5.74, 6) is 0.603. The SMILES string of the molecule is Cc1ccc(/C(=C\C=C\C(=O)Nc2cccc3c2CC(O)CN3)c2ccc(OC(C)C)cc2)cc1.Cl. The molecule has 1 amide bonds. The van der Waals surface area contributed by atoms with E-state index in [1.54, 1.807) is 6.08 Å². The Kier molecular flexibility index (Phi) is 9.34. The van der Waals surface area contributed by atoms with Gasteiger partial charge in [-0.05, 0) is 61.7 Å². The number of aliphatic hydroxyl groups excluding tert-OH is 1. The molecule has 1 atom stereocenters. The van der Waals surface area contributed by atoms with E-state index in [4.69, 9.17) is 4.74 Å². The van der Waals surface area contributed by atoms with E-state index in [9.17, 15) is 9.90 Å². The van der Waals surface area contributed by atoms with Crippen LogP contribution in [-0.4, -0.2) is 29.8 Å². The second-order valence-corrected chi connectivity index (χ2v) is 9.06. The average molecular weight is 505 g/mol. The summed E-state index contributed by atoms with van der Waals surface area (Å²) in [7, 11) is 0. The van der Waals surface area contributed by atoms with E-state index in [0.717, 1.165) is 33.7 Å². The first-order valence-electron chi connectivity index (χ1n) is 12.0. The van der Waals surface area contributed by atoms with E-state index >= 15 is 0 Å². The molecule has 188 valence electrons. The summed E-state index contributed by atoms with van der Waals surface area (Å²) < 4.78 is 5.78. The number of hydrogen-bond donors (Lipinski definition) is 3. The number of β-amino-alcohol motifs (C(OH)–C–C–N with tert-alkyl or cyclic N) is 1. The van der Waals surface area contributed by atoms with Gasteiger partial charge in [0.2, 0.25) is 5.91 Å². The van der Waals surface area contributed by atoms with Crippen molar-refractivity contribution >= 4 is 35.3 Å². The average Bonchev–Trinajstić information content (AvgIpc) is 2.83. The largest absolute Gasteiger partial charge is 0.491 e. The Balaban J connectivity index is 0.00000361. The number of fused-ring (bicyclic) bond motifs is 1. The van der Waals surface area contributed by atoms with Gasteiger partial charge < -0.3 is 20.5 Å². The molecule has 0 saturated carbocycles. The van der Waals surface area contributed by atoms with Gasteiger partial charge in [0.25, 0.3) is 0 Å². The Morgan fingerprint density at radius 1 is 1.06 bits per heavy atom. The van der Waals surface area contributed by atoms with Crippen LogP contribution in [0, 0.1) is 6.92 Å². The molecule has 3 aromatic rings. The highest BCUT2D eigenvalue weighted by Gasteiger charge is 2.19. The zero-order chi connectivity index (χ0) is 24.8. The van der Waals surface area contributed by atoms with E-state index < -0.39 is 6.10 Å². The van der Waals surface area contributed by atoms with Gasteiger partial charge in [0.05, 0.1) is 12.2 Å². The fourth-order valence-corrected chi connectivity index (χ4v) is 4.11. The summed E-state index contributed by atoms with van der Waals surface area (Å²) in [6.07, 6.45) is 5.41. The number of benzene rings is 3. The molecule has 0 fully saturated rings. The predicted molar refractivity (Wildman–Crippen MR) is 150 cm³/mol. The fourth-order valence-electron chi connectivity index (χ4n) is 4.11. The van der Waals surface area contributed by atoms with Crippen molar-refractivity contribution in [2.45, 2.75) is 39.4 Å². The summed E-state index contributed by atoms with van der Waals surface area (Å²) in [4.78, 5) is 12.7. The lowest BCUT2D eigenvalue weighted by Crippen LogP contribution is -2.28. The molecule has 0 saturated heterocycles. The van der Waals surface area contributed by atoms with Gasteiger partial charge in [0.1, 0.15) is 5.75 Å². The summed E-state index contributed by atoms with van der Waals surface area (Å²) >= 11 is 0. The second kappa shape index (κ2) is 12.4. The van der Waals surface area contributed by atoms with Crippen molar-refractivity contribution in [3.05, 3.63) is 107 Å². The van der Waals surface area contributed by atoms with Crippen LogP contribution < -0.4 is 15.4 Å². The minimum absolute atomic E-state index is 0. The van der Waals surface area contributed by atoms with Gasteiger partial charge >= 0.3 is 0 Å². The van der Waals surface area contributed by atoms with E-state index in [-0.39, 0.29) is 24.4 Å². The summed E-state index contributed by atoms with van der Waals surface area (Å²) in [5, 5.41) is 16.2. The van der Waals surface area contributed by atoms with Crippen molar-refractivity contribution in [1.29, 1.82) is 0 Å². The third kappa shape index (κ3) is 7.00. The molecular formula is C30H33ClN2O3. The third-order valence-electron chi connectivity index (χ3n) is 5.81. The molecule has 5 nitrogen and oxygen atoms in total. The van der Waals surface area contributed by atoms with Crippen molar-refractivity contribution in [3.8, 4) is 5.75 Å². The van der Waals surface area contributed by atoms with Crippen molar-refractivity contribution in [3.63, 3.8) is 0 Å². The zero-order valence-electron chi connectivity index (χ0n) is 20.8. The molecule has 1 aliphatic rings. The third-order valence-corrected chi connectivity index (χ3v) is 5.81. The standard InChI is InChI=1S/C30H32N2O3.ClH/c1-20(2)35-25-16-14-23(15-17-25)26(22-12-10-21(3)11-13-22)6-4-9-30(34)32-29-8-5-7-28-27(29)18-24(33)19-31-28;/h4-17,20,24,31,33H,18-19H2,1-3H3,(H,32,34);1H/b9-4+,26-6+;. The lowest BCUT2D eigenvalue weighted by molar-refractivity contribution is -0.111. The van der Waals surface area contributed by atoms with Gasteiger partial charge in [0.15, 0.2) is 0 Å². The Bertz CT molecular complexity index is 1230. The number of amides is 1. The molecule has 6 heteroatoms. The Morgan fingerprint density at radius 2 is 1.72 bits per heavy atom. The van der Waals surface area contributed by atoms with Crippen LogP contribution in [0.15, 0.2) is 85.0 Å². The maximum atomic E-state index is 12.7. The smallest absolute Gasteiger partial charge is 0.248 e. The normalized spacial score (nSPS) is 15.1. The molecule has 0 spiro atoms. The number of halogens is 1. The molecule has 0 bridgehead atoms. The highest BCUT2D eigenvalue weighted by molar-refractivity contribution is 6.00. The van der Waals surface area contributed by atoms with Gasteiger partial charge in [-0.15, -0.1) is 12.4 Å². The molecule has 1 aliphatic heterocycles. The topological polar surface area (TPSA) is 70.6 Å². The Labute approximate surface area is 219 Å². The molecule has 0 aliphatic carbocycles. The molecule has 0 radical (unpaired) electrons. The van der Waals surface area contributed by atoms with Crippen molar-refractivity contribution in [1.82, 2.24) is 0 Å². The van der Waals surface area contributed by atoms with E-state index in [1.165, 1.54) is 11.6 Å². The van der Waals surface area contributed by atoms with Gasteiger partial charge in [-0.25, -0.2) is 0 Å². The second-order valence-electron chi connectivity index (χ2n) is 9.06. The highest BCUT2D eigenvalue weighted by atomic mass is 35.5. The van der Waals surface area contributed by atoms with Gasteiger partial charge in [-0.3, -0.25) is 4.79 Å².